The summed E-state index contributed by atoms with van der Waals surface area (Å²) in [4.78, 5) is 17.1. The van der Waals surface area contributed by atoms with Crippen molar-refractivity contribution in [3.05, 3.63) is 51.3 Å². The smallest absolute Gasteiger partial charge is 0.267 e. The van der Waals surface area contributed by atoms with Gasteiger partial charge in [-0.1, -0.05) is 22.9 Å². The fourth-order valence-corrected chi connectivity index (χ4v) is 3.94. The van der Waals surface area contributed by atoms with Gasteiger partial charge in [-0.15, -0.1) is 16.4 Å². The summed E-state index contributed by atoms with van der Waals surface area (Å²) in [6, 6.07) is 8.90. The number of aromatic nitrogens is 5. The van der Waals surface area contributed by atoms with Crippen LogP contribution in [0.25, 0.3) is 17.2 Å². The molecule has 0 fully saturated rings. The van der Waals surface area contributed by atoms with Gasteiger partial charge >= 0.3 is 0 Å². The topological polar surface area (TPSA) is 94.8 Å². The monoisotopic (exact) mass is 432 g/mol. The van der Waals surface area contributed by atoms with Gasteiger partial charge in [0.1, 0.15) is 5.75 Å². The lowest BCUT2D eigenvalue weighted by Gasteiger charge is -2.07. The van der Waals surface area contributed by atoms with Gasteiger partial charge < -0.3 is 4.74 Å². The number of thiophene rings is 1. The highest BCUT2D eigenvalue weighted by Gasteiger charge is 2.18. The first-order chi connectivity index (χ1) is 13.6. The van der Waals surface area contributed by atoms with E-state index in [2.05, 4.69) is 25.0 Å². The largest absolute Gasteiger partial charge is 0.495 e. The maximum atomic E-state index is 12.1. The normalized spacial score (nSPS) is 10.8. The van der Waals surface area contributed by atoms with E-state index in [1.54, 1.807) is 30.0 Å². The molecule has 0 aliphatic heterocycles. The molecule has 0 atom stereocenters. The Morgan fingerprint density at radius 2 is 2.18 bits per heavy atom. The summed E-state index contributed by atoms with van der Waals surface area (Å²) in [5.41, 5.74) is 2.01. The molecule has 8 nitrogen and oxygen atoms in total. The number of nitrogens with one attached hydrogen (secondary N) is 1. The first-order valence-electron chi connectivity index (χ1n) is 8.02. The molecular weight excluding hydrogens is 420 g/mol. The highest BCUT2D eigenvalue weighted by molar-refractivity contribution is 7.12. The number of carbonyl (C=O) groups excluding carboxylic acids is 1. The summed E-state index contributed by atoms with van der Waals surface area (Å²) in [7, 11) is 1.56. The molecule has 3 aromatic heterocycles. The summed E-state index contributed by atoms with van der Waals surface area (Å²) in [5, 5.41) is 13.8. The Kier molecular flexibility index (Phi) is 5.07. The van der Waals surface area contributed by atoms with E-state index < -0.39 is 0 Å². The molecule has 3 heterocycles. The van der Waals surface area contributed by atoms with E-state index in [1.165, 1.54) is 11.3 Å². The molecule has 11 heteroatoms. The molecule has 0 unspecified atom stereocenters. The average molecular weight is 433 g/mol. The van der Waals surface area contributed by atoms with Crippen LogP contribution in [-0.4, -0.2) is 37.4 Å². The van der Waals surface area contributed by atoms with Crippen LogP contribution in [0.2, 0.25) is 5.02 Å². The van der Waals surface area contributed by atoms with Gasteiger partial charge in [0.15, 0.2) is 11.5 Å². The van der Waals surface area contributed by atoms with Gasteiger partial charge in [-0.2, -0.15) is 9.36 Å². The van der Waals surface area contributed by atoms with Crippen LogP contribution in [0.15, 0.2) is 35.7 Å². The SMILES string of the molecule is COc1ccc(-n2nnc(-c3nsc(NC(=O)c4cccs4)n3)c2C)cc1Cl. The van der Waals surface area contributed by atoms with Crippen molar-refractivity contribution in [3.8, 4) is 23.0 Å². The Morgan fingerprint density at radius 3 is 2.89 bits per heavy atom. The third-order valence-corrected chi connectivity index (χ3v) is 5.67. The lowest BCUT2D eigenvalue weighted by molar-refractivity contribution is 0.103. The van der Waals surface area contributed by atoms with Crippen LogP contribution >= 0.6 is 34.5 Å². The number of nitrogens with zero attached hydrogens (tertiary/aromatic N) is 5. The lowest BCUT2D eigenvalue weighted by atomic mass is 10.2. The molecule has 0 aliphatic carbocycles. The van der Waals surface area contributed by atoms with Gasteiger partial charge in [0.2, 0.25) is 5.13 Å². The third kappa shape index (κ3) is 3.49. The van der Waals surface area contributed by atoms with Crippen molar-refractivity contribution in [1.82, 2.24) is 24.4 Å². The first kappa shape index (κ1) is 18.5. The summed E-state index contributed by atoms with van der Waals surface area (Å²) >= 11 is 8.65. The average Bonchev–Trinajstić information content (AvgIpc) is 3.42. The molecule has 28 heavy (non-hydrogen) atoms. The number of anilines is 1. The number of halogens is 1. The Labute approximate surface area is 172 Å². The fourth-order valence-electron chi connectivity index (χ4n) is 2.50. The molecule has 0 bridgehead atoms. The number of benzene rings is 1. The predicted octanol–water partition coefficient (Wildman–Crippen LogP) is 4.07. The van der Waals surface area contributed by atoms with Crippen LogP contribution in [0.5, 0.6) is 5.75 Å². The van der Waals surface area contributed by atoms with Crippen molar-refractivity contribution in [2.45, 2.75) is 6.92 Å². The van der Waals surface area contributed by atoms with Gasteiger partial charge in [-0.05, 0) is 36.6 Å². The Bertz CT molecular complexity index is 1140. The molecule has 0 aliphatic rings. The molecule has 142 valence electrons. The minimum absolute atomic E-state index is 0.217. The zero-order valence-electron chi connectivity index (χ0n) is 14.7. The molecule has 1 N–H and O–H groups in total. The molecule has 0 spiro atoms. The quantitative estimate of drug-likeness (QED) is 0.510. The van der Waals surface area contributed by atoms with Gasteiger partial charge in [0, 0.05) is 11.5 Å². The molecule has 4 rings (SSSR count). The summed E-state index contributed by atoms with van der Waals surface area (Å²) < 4.78 is 11.1. The van der Waals surface area contributed by atoms with Crippen LogP contribution in [0.4, 0.5) is 5.13 Å². The van der Waals surface area contributed by atoms with Crippen LogP contribution in [0.3, 0.4) is 0 Å². The number of hydrogen-bond acceptors (Lipinski definition) is 8. The van der Waals surface area contributed by atoms with E-state index >= 15 is 0 Å². The molecule has 0 saturated heterocycles. The van der Waals surface area contributed by atoms with Crippen molar-refractivity contribution in [2.24, 2.45) is 0 Å². The molecular formula is C17H13ClN6O2S2. The minimum atomic E-state index is -0.217. The van der Waals surface area contributed by atoms with Crippen molar-refractivity contribution < 1.29 is 9.53 Å². The number of rotatable bonds is 5. The van der Waals surface area contributed by atoms with Gasteiger partial charge in [0.25, 0.3) is 5.91 Å². The Balaban J connectivity index is 1.59. The maximum Gasteiger partial charge on any atom is 0.267 e. The number of methoxy groups -OCH3 is 1. The van der Waals surface area contributed by atoms with E-state index in [0.717, 1.165) is 22.9 Å². The number of amides is 1. The van der Waals surface area contributed by atoms with Gasteiger partial charge in [-0.25, -0.2) is 4.68 Å². The Morgan fingerprint density at radius 1 is 1.32 bits per heavy atom. The second-order valence-corrected chi connectivity index (χ2v) is 7.72. The van der Waals surface area contributed by atoms with Crippen LogP contribution < -0.4 is 10.1 Å². The number of hydrogen-bond donors (Lipinski definition) is 1. The van der Waals surface area contributed by atoms with E-state index in [-0.39, 0.29) is 5.91 Å². The zero-order valence-corrected chi connectivity index (χ0v) is 17.1. The first-order valence-corrected chi connectivity index (χ1v) is 10.0. The zero-order chi connectivity index (χ0) is 19.7. The van der Waals surface area contributed by atoms with E-state index in [1.807, 2.05) is 24.4 Å². The van der Waals surface area contributed by atoms with Crippen molar-refractivity contribution >= 4 is 45.5 Å². The van der Waals surface area contributed by atoms with E-state index in [4.69, 9.17) is 16.3 Å². The van der Waals surface area contributed by atoms with Crippen LogP contribution in [0.1, 0.15) is 15.4 Å². The number of ether oxygens (including phenoxy) is 1. The highest BCUT2D eigenvalue weighted by atomic mass is 35.5. The van der Waals surface area contributed by atoms with Crippen LogP contribution in [-0.2, 0) is 0 Å². The molecule has 0 radical (unpaired) electrons. The van der Waals surface area contributed by atoms with Gasteiger partial charge in [-0.3, -0.25) is 10.1 Å². The summed E-state index contributed by atoms with van der Waals surface area (Å²) in [6.07, 6.45) is 0. The third-order valence-electron chi connectivity index (χ3n) is 3.88. The van der Waals surface area contributed by atoms with Crippen molar-refractivity contribution in [1.29, 1.82) is 0 Å². The van der Waals surface area contributed by atoms with Gasteiger partial charge in [0.05, 0.1) is 28.4 Å². The maximum absolute atomic E-state index is 12.1. The van der Waals surface area contributed by atoms with E-state index in [9.17, 15) is 4.79 Å². The fraction of sp³-hybridized carbons (Fsp3) is 0.118. The molecule has 0 saturated carbocycles. The summed E-state index contributed by atoms with van der Waals surface area (Å²) in [6.45, 7) is 1.86. The standard InChI is InChI=1S/C17H13ClN6O2S2/c1-9-14(21-23-24(9)10-5-6-12(26-2)11(18)8-10)15-19-17(28-22-15)20-16(25)13-4-3-7-27-13/h3-8H,1-2H3,(H,19,20,22,25). The predicted molar refractivity (Wildman–Crippen MR) is 109 cm³/mol. The second-order valence-electron chi connectivity index (χ2n) is 5.61. The minimum Gasteiger partial charge on any atom is -0.495 e. The second kappa shape index (κ2) is 7.66. The highest BCUT2D eigenvalue weighted by Crippen LogP contribution is 2.29. The van der Waals surface area contributed by atoms with Crippen molar-refractivity contribution in [2.75, 3.05) is 12.4 Å². The van der Waals surface area contributed by atoms with Crippen molar-refractivity contribution in [3.63, 3.8) is 0 Å². The molecule has 1 aromatic carbocycles. The number of carbonyl (C=O) groups is 1. The lowest BCUT2D eigenvalue weighted by Crippen LogP contribution is -2.09. The molecule has 1 amide bonds. The summed E-state index contributed by atoms with van der Waals surface area (Å²) in [5.74, 6) is 0.761. The van der Waals surface area contributed by atoms with Crippen LogP contribution in [0, 0.1) is 6.92 Å². The molecule has 4 aromatic rings. The van der Waals surface area contributed by atoms with E-state index in [0.29, 0.717) is 32.3 Å². The Hall–Kier alpha value is -2.82.